The molecule has 0 heterocycles. The molecule has 1 rings (SSSR count). The monoisotopic (exact) mass is 300 g/mol. The Balaban J connectivity index is 2.92. The Hall–Kier alpha value is -1.69. The number of benzene rings is 1. The molecule has 1 atom stereocenters. The highest BCUT2D eigenvalue weighted by atomic mass is 19.2. The molecule has 0 aliphatic rings. The summed E-state index contributed by atoms with van der Waals surface area (Å²) in [4.78, 5) is 14.1. The fourth-order valence-electron chi connectivity index (χ4n) is 2.21. The summed E-state index contributed by atoms with van der Waals surface area (Å²) in [6.07, 6.45) is 0. The number of methoxy groups -OCH3 is 1. The first-order chi connectivity index (χ1) is 9.79. The van der Waals surface area contributed by atoms with Crippen LogP contribution in [-0.4, -0.2) is 44.6 Å². The highest BCUT2D eigenvalue weighted by molar-refractivity contribution is 5.97. The summed E-state index contributed by atoms with van der Waals surface area (Å²) in [5.41, 5.74) is -0.404. The van der Waals surface area contributed by atoms with Crippen molar-refractivity contribution in [3.05, 3.63) is 29.3 Å². The smallest absolute Gasteiger partial charge is 0.258 e. The molecule has 0 fully saturated rings. The first kappa shape index (κ1) is 17.4. The van der Waals surface area contributed by atoms with Crippen molar-refractivity contribution < 1.29 is 18.3 Å². The summed E-state index contributed by atoms with van der Waals surface area (Å²) in [5, 5.41) is 2.64. The summed E-state index contributed by atoms with van der Waals surface area (Å²) in [7, 11) is 5.11. The second-order valence-electron chi connectivity index (χ2n) is 5.42. The quantitative estimate of drug-likeness (QED) is 0.876. The maximum atomic E-state index is 13.8. The van der Waals surface area contributed by atoms with E-state index in [1.165, 1.54) is 13.2 Å². The SMILES string of the molecule is COc1ccc(F)c(F)c1C(=O)NC[C@H](C(C)C)N(C)C. The second-order valence-corrected chi connectivity index (χ2v) is 5.42. The minimum absolute atomic E-state index is 0.0114. The third-order valence-corrected chi connectivity index (χ3v) is 3.41. The van der Waals surface area contributed by atoms with Gasteiger partial charge >= 0.3 is 0 Å². The van der Waals surface area contributed by atoms with E-state index in [2.05, 4.69) is 5.32 Å². The lowest BCUT2D eigenvalue weighted by atomic mass is 10.0. The lowest BCUT2D eigenvalue weighted by molar-refractivity contribution is 0.0926. The molecule has 0 bridgehead atoms. The van der Waals surface area contributed by atoms with Gasteiger partial charge in [0.2, 0.25) is 0 Å². The number of hydrogen-bond acceptors (Lipinski definition) is 3. The van der Waals surface area contributed by atoms with Crippen LogP contribution < -0.4 is 10.1 Å². The molecule has 1 aromatic carbocycles. The number of nitrogens with one attached hydrogen (secondary N) is 1. The number of hydrogen-bond donors (Lipinski definition) is 1. The van der Waals surface area contributed by atoms with Crippen molar-refractivity contribution >= 4 is 5.91 Å². The zero-order valence-electron chi connectivity index (χ0n) is 13.0. The number of carbonyl (C=O) groups excluding carboxylic acids is 1. The van der Waals surface area contributed by atoms with Crippen LogP contribution in [0.25, 0.3) is 0 Å². The molecular formula is C15H22F2N2O2. The van der Waals surface area contributed by atoms with Gasteiger partial charge in [-0.25, -0.2) is 8.78 Å². The van der Waals surface area contributed by atoms with Crippen molar-refractivity contribution in [2.75, 3.05) is 27.7 Å². The van der Waals surface area contributed by atoms with Gasteiger partial charge in [0.25, 0.3) is 5.91 Å². The highest BCUT2D eigenvalue weighted by Crippen LogP contribution is 2.23. The lowest BCUT2D eigenvalue weighted by Crippen LogP contribution is -2.43. The van der Waals surface area contributed by atoms with E-state index in [0.717, 1.165) is 6.07 Å². The number of ether oxygens (including phenoxy) is 1. The van der Waals surface area contributed by atoms with E-state index >= 15 is 0 Å². The number of likely N-dealkylation sites (N-methyl/N-ethyl adjacent to an activating group) is 1. The maximum Gasteiger partial charge on any atom is 0.258 e. The van der Waals surface area contributed by atoms with Crippen LogP contribution in [0, 0.1) is 17.6 Å². The van der Waals surface area contributed by atoms with Crippen LogP contribution >= 0.6 is 0 Å². The predicted molar refractivity (Wildman–Crippen MR) is 77.6 cm³/mol. The Labute approximate surface area is 124 Å². The van der Waals surface area contributed by atoms with Crippen molar-refractivity contribution in [1.29, 1.82) is 0 Å². The van der Waals surface area contributed by atoms with E-state index in [1.54, 1.807) is 0 Å². The average molecular weight is 300 g/mol. The largest absolute Gasteiger partial charge is 0.496 e. The Kier molecular flexibility index (Phi) is 6.08. The molecule has 21 heavy (non-hydrogen) atoms. The van der Waals surface area contributed by atoms with E-state index in [1.807, 2.05) is 32.8 Å². The molecule has 0 unspecified atom stereocenters. The molecule has 0 saturated heterocycles. The summed E-state index contributed by atoms with van der Waals surface area (Å²) in [5.74, 6) is -2.64. The zero-order valence-corrected chi connectivity index (χ0v) is 13.0. The first-order valence-electron chi connectivity index (χ1n) is 6.76. The molecule has 1 N–H and O–H groups in total. The third-order valence-electron chi connectivity index (χ3n) is 3.41. The molecule has 0 spiro atoms. The van der Waals surface area contributed by atoms with Gasteiger partial charge in [-0.3, -0.25) is 4.79 Å². The Morgan fingerprint density at radius 1 is 1.33 bits per heavy atom. The van der Waals surface area contributed by atoms with Gasteiger partial charge in [-0.15, -0.1) is 0 Å². The van der Waals surface area contributed by atoms with Gasteiger partial charge in [0, 0.05) is 12.6 Å². The molecule has 118 valence electrons. The topological polar surface area (TPSA) is 41.6 Å². The van der Waals surface area contributed by atoms with Crippen LogP contribution in [0.2, 0.25) is 0 Å². The van der Waals surface area contributed by atoms with Crippen molar-refractivity contribution in [3.8, 4) is 5.75 Å². The molecule has 0 saturated carbocycles. The maximum absolute atomic E-state index is 13.8. The lowest BCUT2D eigenvalue weighted by Gasteiger charge is -2.28. The van der Waals surface area contributed by atoms with Crippen LogP contribution in [-0.2, 0) is 0 Å². The van der Waals surface area contributed by atoms with Crippen LogP contribution in [0.1, 0.15) is 24.2 Å². The summed E-state index contributed by atoms with van der Waals surface area (Å²) in [6.45, 7) is 4.39. The predicted octanol–water partition coefficient (Wildman–Crippen LogP) is 2.29. The van der Waals surface area contributed by atoms with E-state index < -0.39 is 23.1 Å². The number of nitrogens with zero attached hydrogens (tertiary/aromatic N) is 1. The van der Waals surface area contributed by atoms with Crippen molar-refractivity contribution in [3.63, 3.8) is 0 Å². The van der Waals surface area contributed by atoms with Gasteiger partial charge in [-0.1, -0.05) is 13.8 Å². The number of rotatable bonds is 6. The van der Waals surface area contributed by atoms with Crippen molar-refractivity contribution in [1.82, 2.24) is 10.2 Å². The first-order valence-corrected chi connectivity index (χ1v) is 6.76. The van der Waals surface area contributed by atoms with Crippen LogP contribution in [0.15, 0.2) is 12.1 Å². The van der Waals surface area contributed by atoms with Crippen LogP contribution in [0.3, 0.4) is 0 Å². The van der Waals surface area contributed by atoms with Gasteiger partial charge in [0.1, 0.15) is 11.3 Å². The van der Waals surface area contributed by atoms with E-state index in [-0.39, 0.29) is 11.8 Å². The molecule has 1 amide bonds. The molecule has 4 nitrogen and oxygen atoms in total. The van der Waals surface area contributed by atoms with Gasteiger partial charge in [0.05, 0.1) is 7.11 Å². The number of carbonyl (C=O) groups is 1. The van der Waals surface area contributed by atoms with Gasteiger partial charge in [-0.2, -0.15) is 0 Å². The van der Waals surface area contributed by atoms with Crippen LogP contribution in [0.5, 0.6) is 5.75 Å². The Morgan fingerprint density at radius 2 is 1.95 bits per heavy atom. The molecule has 0 radical (unpaired) electrons. The number of halogens is 2. The van der Waals surface area contributed by atoms with Gasteiger partial charge < -0.3 is 15.0 Å². The fourth-order valence-corrected chi connectivity index (χ4v) is 2.21. The van der Waals surface area contributed by atoms with Crippen molar-refractivity contribution in [2.45, 2.75) is 19.9 Å². The second kappa shape index (κ2) is 7.36. The molecule has 1 aromatic rings. The standard InChI is InChI=1S/C15H22F2N2O2/c1-9(2)11(19(3)4)8-18-15(20)13-12(21-5)7-6-10(16)14(13)17/h6-7,9,11H,8H2,1-5H3,(H,18,20)/t11-/m1/s1. The summed E-state index contributed by atoms with van der Waals surface area (Å²) >= 11 is 0. The zero-order chi connectivity index (χ0) is 16.2. The molecule has 6 heteroatoms. The van der Waals surface area contributed by atoms with Crippen molar-refractivity contribution in [2.24, 2.45) is 5.92 Å². The van der Waals surface area contributed by atoms with E-state index in [9.17, 15) is 13.6 Å². The average Bonchev–Trinajstić information content (AvgIpc) is 2.40. The van der Waals surface area contributed by atoms with Crippen LogP contribution in [0.4, 0.5) is 8.78 Å². The van der Waals surface area contributed by atoms with Gasteiger partial charge in [-0.05, 0) is 32.1 Å². The molecule has 0 aliphatic carbocycles. The normalized spacial score (nSPS) is 12.6. The van der Waals surface area contributed by atoms with Gasteiger partial charge in [0.15, 0.2) is 11.6 Å². The Bertz CT molecular complexity index is 497. The van der Waals surface area contributed by atoms with E-state index in [0.29, 0.717) is 12.5 Å². The highest BCUT2D eigenvalue weighted by Gasteiger charge is 2.23. The molecular weight excluding hydrogens is 278 g/mol. The number of amides is 1. The third kappa shape index (κ3) is 4.14. The minimum atomic E-state index is -1.20. The Morgan fingerprint density at radius 3 is 2.43 bits per heavy atom. The van der Waals surface area contributed by atoms with E-state index in [4.69, 9.17) is 4.74 Å². The minimum Gasteiger partial charge on any atom is -0.496 e. The summed E-state index contributed by atoms with van der Waals surface area (Å²) in [6, 6.07) is 2.26. The molecule has 0 aromatic heterocycles. The molecule has 0 aliphatic heterocycles. The fraction of sp³-hybridized carbons (Fsp3) is 0.533. The summed E-state index contributed by atoms with van der Waals surface area (Å²) < 4.78 is 32.0.